The van der Waals surface area contributed by atoms with Crippen LogP contribution in [0.4, 0.5) is 0 Å². The van der Waals surface area contributed by atoms with E-state index in [4.69, 9.17) is 0 Å². The van der Waals surface area contributed by atoms with Crippen LogP contribution >= 0.6 is 15.9 Å². The average Bonchev–Trinajstić information content (AvgIpc) is 2.58. The van der Waals surface area contributed by atoms with Gasteiger partial charge in [0.1, 0.15) is 5.69 Å². The molecule has 0 N–H and O–H groups in total. The van der Waals surface area contributed by atoms with E-state index < -0.39 is 0 Å². The Kier molecular flexibility index (Phi) is 4.51. The second-order valence-corrected chi connectivity index (χ2v) is 4.57. The summed E-state index contributed by atoms with van der Waals surface area (Å²) in [6.07, 6.45) is 3.65. The number of hydrogen-bond donors (Lipinski definition) is 0. The Morgan fingerprint density at radius 1 is 1.60 bits per heavy atom. The van der Waals surface area contributed by atoms with Crippen LogP contribution in [0.15, 0.2) is 10.7 Å². The van der Waals surface area contributed by atoms with Gasteiger partial charge in [0.05, 0.1) is 10.7 Å². The Morgan fingerprint density at radius 2 is 2.27 bits per heavy atom. The molecule has 4 heteroatoms. The third-order valence-corrected chi connectivity index (χ3v) is 3.08. The molecule has 1 aromatic rings. The fourth-order valence-corrected chi connectivity index (χ4v) is 2.14. The molecule has 84 valence electrons. The molecule has 0 saturated heterocycles. The zero-order valence-corrected chi connectivity index (χ0v) is 11.0. The van der Waals surface area contributed by atoms with E-state index in [1.807, 2.05) is 13.8 Å². The van der Waals surface area contributed by atoms with Gasteiger partial charge < -0.3 is 0 Å². The maximum absolute atomic E-state index is 12.1. The summed E-state index contributed by atoms with van der Waals surface area (Å²) < 4.78 is 2.55. The van der Waals surface area contributed by atoms with E-state index in [2.05, 4.69) is 28.0 Å². The summed E-state index contributed by atoms with van der Waals surface area (Å²) in [5, 5.41) is 4.15. The third-order valence-electron chi connectivity index (χ3n) is 2.50. The molecule has 0 fully saturated rings. The van der Waals surface area contributed by atoms with Crippen molar-refractivity contribution in [1.29, 1.82) is 0 Å². The Labute approximate surface area is 99.0 Å². The normalized spacial score (nSPS) is 12.8. The van der Waals surface area contributed by atoms with Crippen molar-refractivity contribution in [3.05, 3.63) is 16.4 Å². The summed E-state index contributed by atoms with van der Waals surface area (Å²) in [5.41, 5.74) is 0.707. The minimum absolute atomic E-state index is 0.0771. The summed E-state index contributed by atoms with van der Waals surface area (Å²) in [5.74, 6) is 0.261. The number of hydrogen-bond acceptors (Lipinski definition) is 2. The minimum Gasteiger partial charge on any atom is -0.292 e. The SMILES string of the molecule is CCCC(C)C(=O)c1c(Br)cnn1CC. The molecule has 15 heavy (non-hydrogen) atoms. The maximum atomic E-state index is 12.1. The molecular formula is C11H17BrN2O. The van der Waals surface area contributed by atoms with Gasteiger partial charge in [-0.1, -0.05) is 20.3 Å². The molecule has 0 bridgehead atoms. The fraction of sp³-hybridized carbons (Fsp3) is 0.636. The number of halogens is 1. The molecule has 1 heterocycles. The summed E-state index contributed by atoms with van der Waals surface area (Å²) >= 11 is 3.37. The second-order valence-electron chi connectivity index (χ2n) is 3.71. The highest BCUT2D eigenvalue weighted by molar-refractivity contribution is 9.10. The van der Waals surface area contributed by atoms with Crippen molar-refractivity contribution in [3.63, 3.8) is 0 Å². The van der Waals surface area contributed by atoms with E-state index in [9.17, 15) is 4.79 Å². The van der Waals surface area contributed by atoms with Crippen molar-refractivity contribution in [2.45, 2.75) is 40.2 Å². The molecular weight excluding hydrogens is 256 g/mol. The van der Waals surface area contributed by atoms with Crippen LogP contribution in [0.5, 0.6) is 0 Å². The van der Waals surface area contributed by atoms with Crippen LogP contribution in [0.1, 0.15) is 44.1 Å². The number of nitrogens with zero attached hydrogens (tertiary/aromatic N) is 2. The summed E-state index contributed by atoms with van der Waals surface area (Å²) in [6, 6.07) is 0. The first-order valence-electron chi connectivity index (χ1n) is 5.37. The Balaban J connectivity index is 2.94. The van der Waals surface area contributed by atoms with Crippen molar-refractivity contribution < 1.29 is 4.79 Å². The molecule has 0 aromatic carbocycles. The van der Waals surface area contributed by atoms with Crippen LogP contribution < -0.4 is 0 Å². The molecule has 1 rings (SSSR count). The topological polar surface area (TPSA) is 34.9 Å². The molecule has 0 spiro atoms. The first kappa shape index (κ1) is 12.4. The van der Waals surface area contributed by atoms with E-state index in [0.29, 0.717) is 5.69 Å². The van der Waals surface area contributed by atoms with Crippen LogP contribution in [0, 0.1) is 5.92 Å². The molecule has 1 atom stereocenters. The molecule has 0 aliphatic heterocycles. The van der Waals surface area contributed by atoms with Crippen molar-refractivity contribution >= 4 is 21.7 Å². The predicted molar refractivity (Wildman–Crippen MR) is 64.0 cm³/mol. The predicted octanol–water partition coefficient (Wildman–Crippen LogP) is 3.28. The van der Waals surface area contributed by atoms with Gasteiger partial charge in [-0.15, -0.1) is 0 Å². The lowest BCUT2D eigenvalue weighted by molar-refractivity contribution is 0.0912. The highest BCUT2D eigenvalue weighted by atomic mass is 79.9. The highest BCUT2D eigenvalue weighted by Crippen LogP contribution is 2.21. The molecule has 0 aliphatic rings. The van der Waals surface area contributed by atoms with Gasteiger partial charge in [-0.2, -0.15) is 5.10 Å². The Bertz CT molecular complexity index is 346. The van der Waals surface area contributed by atoms with Gasteiger partial charge in [-0.25, -0.2) is 0 Å². The van der Waals surface area contributed by atoms with E-state index >= 15 is 0 Å². The summed E-state index contributed by atoms with van der Waals surface area (Å²) in [6.45, 7) is 6.79. The summed E-state index contributed by atoms with van der Waals surface area (Å²) in [7, 11) is 0. The van der Waals surface area contributed by atoms with Gasteiger partial charge in [-0.3, -0.25) is 9.48 Å². The Morgan fingerprint density at radius 3 is 2.80 bits per heavy atom. The third kappa shape index (κ3) is 2.68. The van der Waals surface area contributed by atoms with Crippen molar-refractivity contribution in [2.24, 2.45) is 5.92 Å². The zero-order valence-electron chi connectivity index (χ0n) is 9.46. The molecule has 3 nitrogen and oxygen atoms in total. The molecule has 1 aromatic heterocycles. The maximum Gasteiger partial charge on any atom is 0.184 e. The number of carbonyl (C=O) groups is 1. The van der Waals surface area contributed by atoms with E-state index in [1.54, 1.807) is 10.9 Å². The lowest BCUT2D eigenvalue weighted by Crippen LogP contribution is -2.17. The van der Waals surface area contributed by atoms with E-state index in [0.717, 1.165) is 23.9 Å². The lowest BCUT2D eigenvalue weighted by Gasteiger charge is -2.10. The second kappa shape index (κ2) is 5.45. The van der Waals surface area contributed by atoms with Gasteiger partial charge in [-0.05, 0) is 29.3 Å². The highest BCUT2D eigenvalue weighted by Gasteiger charge is 2.21. The van der Waals surface area contributed by atoms with Crippen molar-refractivity contribution in [3.8, 4) is 0 Å². The van der Waals surface area contributed by atoms with Gasteiger partial charge in [0.15, 0.2) is 5.78 Å². The largest absolute Gasteiger partial charge is 0.292 e. The van der Waals surface area contributed by atoms with Crippen molar-refractivity contribution in [1.82, 2.24) is 9.78 Å². The minimum atomic E-state index is 0.0771. The van der Waals surface area contributed by atoms with Gasteiger partial charge in [0.2, 0.25) is 0 Å². The lowest BCUT2D eigenvalue weighted by atomic mass is 9.99. The average molecular weight is 273 g/mol. The number of rotatable bonds is 5. The zero-order chi connectivity index (χ0) is 11.4. The van der Waals surface area contributed by atoms with Crippen LogP contribution in [-0.2, 0) is 6.54 Å². The van der Waals surface area contributed by atoms with Crippen LogP contribution in [0.2, 0.25) is 0 Å². The van der Waals surface area contributed by atoms with Crippen LogP contribution in [0.25, 0.3) is 0 Å². The number of aromatic nitrogens is 2. The van der Waals surface area contributed by atoms with Gasteiger partial charge in [0, 0.05) is 12.5 Å². The summed E-state index contributed by atoms with van der Waals surface area (Å²) in [4.78, 5) is 12.1. The number of ketones is 1. The van der Waals surface area contributed by atoms with Gasteiger partial charge in [0.25, 0.3) is 0 Å². The first-order chi connectivity index (χ1) is 7.11. The number of carbonyl (C=O) groups excluding carboxylic acids is 1. The monoisotopic (exact) mass is 272 g/mol. The standard InChI is InChI=1S/C11H17BrN2O/c1-4-6-8(3)11(15)10-9(12)7-13-14(10)5-2/h7-8H,4-6H2,1-3H3. The van der Waals surface area contributed by atoms with Crippen LogP contribution in [0.3, 0.4) is 0 Å². The number of aryl methyl sites for hydroxylation is 1. The van der Waals surface area contributed by atoms with Crippen LogP contribution in [-0.4, -0.2) is 15.6 Å². The van der Waals surface area contributed by atoms with Gasteiger partial charge >= 0.3 is 0 Å². The molecule has 0 saturated carbocycles. The molecule has 0 radical (unpaired) electrons. The quantitative estimate of drug-likeness (QED) is 0.771. The molecule has 1 unspecified atom stereocenters. The molecule has 0 amide bonds. The van der Waals surface area contributed by atoms with E-state index in [1.165, 1.54) is 0 Å². The fourth-order valence-electron chi connectivity index (χ4n) is 1.64. The number of Topliss-reactive ketones (excluding diaryl/α,β-unsaturated/α-hetero) is 1. The Hall–Kier alpha value is -0.640. The van der Waals surface area contributed by atoms with E-state index in [-0.39, 0.29) is 11.7 Å². The first-order valence-corrected chi connectivity index (χ1v) is 6.16. The molecule has 0 aliphatic carbocycles. The van der Waals surface area contributed by atoms with Crippen molar-refractivity contribution in [2.75, 3.05) is 0 Å². The smallest absolute Gasteiger partial charge is 0.184 e.